The molecule has 2 rings (SSSR count). The molecule has 1 aromatic heterocycles. The van der Waals surface area contributed by atoms with Crippen molar-refractivity contribution in [2.45, 2.75) is 19.3 Å². The standard InChI is InChI=1S/C13H17NO4S/c1-18-7-6-13(4-5-13)8-14-11(15)9-2-3-10(19-9)12(16)17/h2-3H,4-8H2,1H3,(H,14,15)(H,16,17). The van der Waals surface area contributed by atoms with Crippen LogP contribution in [0.15, 0.2) is 12.1 Å². The van der Waals surface area contributed by atoms with Gasteiger partial charge in [-0.1, -0.05) is 0 Å². The molecule has 6 heteroatoms. The molecule has 104 valence electrons. The highest BCUT2D eigenvalue weighted by Crippen LogP contribution is 2.48. The molecule has 1 aliphatic rings. The Kier molecular flexibility index (Phi) is 4.21. The van der Waals surface area contributed by atoms with Crippen LogP contribution in [-0.4, -0.2) is 37.2 Å². The maximum absolute atomic E-state index is 11.9. The van der Waals surface area contributed by atoms with Crippen LogP contribution in [0.25, 0.3) is 0 Å². The number of nitrogens with one attached hydrogen (secondary N) is 1. The Hall–Kier alpha value is -1.40. The summed E-state index contributed by atoms with van der Waals surface area (Å²) in [4.78, 5) is 23.3. The Bertz CT molecular complexity index is 479. The van der Waals surface area contributed by atoms with Crippen LogP contribution in [0.1, 0.15) is 38.6 Å². The summed E-state index contributed by atoms with van der Waals surface area (Å²) in [5, 5.41) is 11.7. The molecule has 0 aliphatic heterocycles. The normalized spacial score (nSPS) is 16.1. The zero-order chi connectivity index (χ0) is 13.9. The third kappa shape index (κ3) is 3.54. The van der Waals surface area contributed by atoms with Crippen molar-refractivity contribution >= 4 is 23.2 Å². The Morgan fingerprint density at radius 1 is 1.42 bits per heavy atom. The summed E-state index contributed by atoms with van der Waals surface area (Å²) < 4.78 is 5.06. The second-order valence-electron chi connectivity index (χ2n) is 4.89. The highest BCUT2D eigenvalue weighted by Gasteiger charge is 2.42. The first-order valence-electron chi connectivity index (χ1n) is 6.17. The van der Waals surface area contributed by atoms with Gasteiger partial charge in [-0.2, -0.15) is 0 Å². The second kappa shape index (κ2) is 5.71. The minimum atomic E-state index is -0.997. The number of thiophene rings is 1. The number of hydrogen-bond donors (Lipinski definition) is 2. The number of ether oxygens (including phenoxy) is 1. The third-order valence-electron chi connectivity index (χ3n) is 3.46. The van der Waals surface area contributed by atoms with Crippen LogP contribution < -0.4 is 5.32 Å². The molecule has 1 aromatic rings. The fourth-order valence-corrected chi connectivity index (χ4v) is 2.70. The maximum Gasteiger partial charge on any atom is 0.345 e. The number of carbonyl (C=O) groups is 2. The molecule has 0 radical (unpaired) electrons. The van der Waals surface area contributed by atoms with E-state index in [9.17, 15) is 9.59 Å². The van der Waals surface area contributed by atoms with Gasteiger partial charge >= 0.3 is 5.97 Å². The highest BCUT2D eigenvalue weighted by atomic mass is 32.1. The summed E-state index contributed by atoms with van der Waals surface area (Å²) in [6.45, 7) is 1.34. The molecule has 19 heavy (non-hydrogen) atoms. The van der Waals surface area contributed by atoms with E-state index in [0.29, 0.717) is 18.0 Å². The van der Waals surface area contributed by atoms with E-state index in [2.05, 4.69) is 5.32 Å². The van der Waals surface area contributed by atoms with Crippen LogP contribution in [0, 0.1) is 5.41 Å². The van der Waals surface area contributed by atoms with Gasteiger partial charge in [0.25, 0.3) is 5.91 Å². The van der Waals surface area contributed by atoms with Crippen LogP contribution in [-0.2, 0) is 4.74 Å². The number of hydrogen-bond acceptors (Lipinski definition) is 4. The van der Waals surface area contributed by atoms with Gasteiger partial charge in [0.15, 0.2) is 0 Å². The van der Waals surface area contributed by atoms with Gasteiger partial charge in [-0.05, 0) is 36.8 Å². The van der Waals surface area contributed by atoms with Crippen molar-refractivity contribution in [2.75, 3.05) is 20.3 Å². The average molecular weight is 283 g/mol. The smallest absolute Gasteiger partial charge is 0.345 e. The van der Waals surface area contributed by atoms with Gasteiger partial charge in [0.2, 0.25) is 0 Å². The van der Waals surface area contributed by atoms with Gasteiger partial charge in [0.05, 0.1) is 4.88 Å². The maximum atomic E-state index is 11.9. The van der Waals surface area contributed by atoms with Crippen molar-refractivity contribution in [3.05, 3.63) is 21.9 Å². The van der Waals surface area contributed by atoms with Crippen LogP contribution in [0.4, 0.5) is 0 Å². The molecular weight excluding hydrogens is 266 g/mol. The van der Waals surface area contributed by atoms with Gasteiger partial charge in [-0.3, -0.25) is 4.79 Å². The number of carbonyl (C=O) groups excluding carboxylic acids is 1. The van der Waals surface area contributed by atoms with Crippen LogP contribution in [0.5, 0.6) is 0 Å². The molecule has 1 saturated carbocycles. The minimum Gasteiger partial charge on any atom is -0.477 e. The summed E-state index contributed by atoms with van der Waals surface area (Å²) in [5.74, 6) is -1.19. The molecule has 1 aliphatic carbocycles. The summed E-state index contributed by atoms with van der Waals surface area (Å²) in [7, 11) is 1.67. The van der Waals surface area contributed by atoms with Gasteiger partial charge < -0.3 is 15.2 Å². The fourth-order valence-electron chi connectivity index (χ4n) is 1.94. The van der Waals surface area contributed by atoms with E-state index in [4.69, 9.17) is 9.84 Å². The quantitative estimate of drug-likeness (QED) is 0.802. The zero-order valence-electron chi connectivity index (χ0n) is 10.8. The van der Waals surface area contributed by atoms with Crippen molar-refractivity contribution in [3.63, 3.8) is 0 Å². The van der Waals surface area contributed by atoms with E-state index >= 15 is 0 Å². The van der Waals surface area contributed by atoms with E-state index in [1.54, 1.807) is 13.2 Å². The topological polar surface area (TPSA) is 75.6 Å². The minimum absolute atomic E-state index is 0.186. The van der Waals surface area contributed by atoms with Crippen molar-refractivity contribution in [1.29, 1.82) is 0 Å². The highest BCUT2D eigenvalue weighted by molar-refractivity contribution is 7.15. The summed E-state index contributed by atoms with van der Waals surface area (Å²) in [6, 6.07) is 3.01. The lowest BCUT2D eigenvalue weighted by atomic mass is 10.0. The number of aromatic carboxylic acids is 1. The van der Waals surface area contributed by atoms with Crippen molar-refractivity contribution < 1.29 is 19.4 Å². The average Bonchev–Trinajstić information content (AvgIpc) is 2.97. The Balaban J connectivity index is 1.85. The molecule has 0 aromatic carbocycles. The summed E-state index contributed by atoms with van der Waals surface area (Å²) >= 11 is 1.00. The van der Waals surface area contributed by atoms with Crippen molar-refractivity contribution in [3.8, 4) is 0 Å². The van der Waals surface area contributed by atoms with Crippen LogP contribution >= 0.6 is 11.3 Å². The SMILES string of the molecule is COCCC1(CNC(=O)c2ccc(C(=O)O)s2)CC1. The lowest BCUT2D eigenvalue weighted by Gasteiger charge is -2.14. The van der Waals surface area contributed by atoms with E-state index < -0.39 is 5.97 Å². The van der Waals surface area contributed by atoms with E-state index in [0.717, 1.165) is 30.6 Å². The van der Waals surface area contributed by atoms with Crippen molar-refractivity contribution in [2.24, 2.45) is 5.41 Å². The number of carboxylic acid groups (broad SMARTS) is 1. The first-order valence-corrected chi connectivity index (χ1v) is 6.98. The molecule has 0 saturated heterocycles. The molecule has 0 atom stereocenters. The van der Waals surface area contributed by atoms with E-state index in [-0.39, 0.29) is 16.2 Å². The summed E-state index contributed by atoms with van der Waals surface area (Å²) in [5.41, 5.74) is 0.193. The third-order valence-corrected chi connectivity index (χ3v) is 4.53. The van der Waals surface area contributed by atoms with Gasteiger partial charge in [-0.15, -0.1) is 11.3 Å². The van der Waals surface area contributed by atoms with E-state index in [1.807, 2.05) is 0 Å². The van der Waals surface area contributed by atoms with Crippen LogP contribution in [0.3, 0.4) is 0 Å². The molecule has 1 heterocycles. The monoisotopic (exact) mass is 283 g/mol. The first-order chi connectivity index (χ1) is 9.06. The van der Waals surface area contributed by atoms with Gasteiger partial charge in [-0.25, -0.2) is 4.79 Å². The molecule has 1 fully saturated rings. The molecule has 0 unspecified atom stereocenters. The Labute approximate surface area is 115 Å². The van der Waals surface area contributed by atoms with Crippen LogP contribution in [0.2, 0.25) is 0 Å². The molecule has 0 bridgehead atoms. The Morgan fingerprint density at radius 2 is 2.11 bits per heavy atom. The lowest BCUT2D eigenvalue weighted by molar-refractivity contribution is 0.0702. The fraction of sp³-hybridized carbons (Fsp3) is 0.538. The predicted octanol–water partition coefficient (Wildman–Crippen LogP) is 1.99. The molecule has 2 N–H and O–H groups in total. The number of methoxy groups -OCH3 is 1. The molecule has 1 amide bonds. The number of amides is 1. The molecule has 5 nitrogen and oxygen atoms in total. The molecule has 0 spiro atoms. The van der Waals surface area contributed by atoms with Crippen molar-refractivity contribution in [1.82, 2.24) is 5.32 Å². The first kappa shape index (κ1) is 14.0. The predicted molar refractivity (Wildman–Crippen MR) is 71.8 cm³/mol. The Morgan fingerprint density at radius 3 is 2.63 bits per heavy atom. The largest absolute Gasteiger partial charge is 0.477 e. The van der Waals surface area contributed by atoms with E-state index in [1.165, 1.54) is 6.07 Å². The second-order valence-corrected chi connectivity index (χ2v) is 5.98. The zero-order valence-corrected chi connectivity index (χ0v) is 11.6. The summed E-state index contributed by atoms with van der Waals surface area (Å²) in [6.07, 6.45) is 3.18. The van der Waals surface area contributed by atoms with Gasteiger partial charge in [0.1, 0.15) is 4.88 Å². The number of rotatable bonds is 7. The lowest BCUT2D eigenvalue weighted by Crippen LogP contribution is -2.30. The van der Waals surface area contributed by atoms with Gasteiger partial charge in [0, 0.05) is 20.3 Å². The molecular formula is C13H17NO4S. The number of carboxylic acids is 1.